The van der Waals surface area contributed by atoms with Crippen molar-refractivity contribution in [3.8, 4) is 0 Å². The Morgan fingerprint density at radius 1 is 0.957 bits per heavy atom. The van der Waals surface area contributed by atoms with Crippen LogP contribution in [0.15, 0.2) is 61.3 Å². The average molecular weight is 304 g/mol. The number of ether oxygens (including phenoxy) is 1. The molecular formula is C18H16N4O. The van der Waals surface area contributed by atoms with Crippen LogP contribution in [0.4, 0.5) is 0 Å². The zero-order valence-corrected chi connectivity index (χ0v) is 12.6. The van der Waals surface area contributed by atoms with Crippen molar-refractivity contribution in [3.63, 3.8) is 0 Å². The number of hydrogen-bond acceptors (Lipinski definition) is 4. The molecule has 4 rings (SSSR count). The van der Waals surface area contributed by atoms with Crippen LogP contribution in [-0.4, -0.2) is 26.1 Å². The first kappa shape index (κ1) is 13.8. The van der Waals surface area contributed by atoms with E-state index in [4.69, 9.17) is 4.74 Å². The third kappa shape index (κ3) is 2.78. The minimum absolute atomic E-state index is 0.595. The molecule has 0 fully saturated rings. The summed E-state index contributed by atoms with van der Waals surface area (Å²) in [7, 11) is 0. The Morgan fingerprint density at radius 2 is 1.83 bits per heavy atom. The highest BCUT2D eigenvalue weighted by molar-refractivity contribution is 6.01. The first-order valence-electron chi connectivity index (χ1n) is 7.57. The summed E-state index contributed by atoms with van der Waals surface area (Å²) < 4.78 is 7.89. The summed E-state index contributed by atoms with van der Waals surface area (Å²) in [5.41, 5.74) is 4.14. The van der Waals surface area contributed by atoms with Crippen molar-refractivity contribution < 1.29 is 4.74 Å². The monoisotopic (exact) mass is 304 g/mol. The molecule has 0 saturated heterocycles. The Morgan fingerprint density at radius 3 is 2.74 bits per heavy atom. The predicted octanol–water partition coefficient (Wildman–Crippen LogP) is 3.20. The smallest absolute Gasteiger partial charge is 0.107 e. The number of aromatic nitrogens is 4. The van der Waals surface area contributed by atoms with Crippen LogP contribution in [0.1, 0.15) is 5.56 Å². The van der Waals surface area contributed by atoms with E-state index in [0.29, 0.717) is 13.2 Å². The molecule has 1 aromatic carbocycles. The van der Waals surface area contributed by atoms with Crippen LogP contribution in [0, 0.1) is 0 Å². The topological polar surface area (TPSA) is 52.8 Å². The number of nitrogens with zero attached hydrogens (tertiary/aromatic N) is 4. The molecule has 0 spiro atoms. The molecule has 0 aliphatic heterocycles. The summed E-state index contributed by atoms with van der Waals surface area (Å²) in [5, 5.41) is 1.12. The second-order valence-corrected chi connectivity index (χ2v) is 5.36. The standard InChI is InChI=1S/C18H16N4O/c1-2-4-16-15(3-1)18-17(11-20-16)21-13-22(18)9-10-23-12-14-5-7-19-8-6-14/h1-8,11,13H,9-10,12H2. The summed E-state index contributed by atoms with van der Waals surface area (Å²) in [6.45, 7) is 1.98. The van der Waals surface area contributed by atoms with Gasteiger partial charge in [-0.3, -0.25) is 9.97 Å². The van der Waals surface area contributed by atoms with Gasteiger partial charge in [0.2, 0.25) is 0 Å². The highest BCUT2D eigenvalue weighted by atomic mass is 16.5. The van der Waals surface area contributed by atoms with Crippen molar-refractivity contribution in [1.82, 2.24) is 19.5 Å². The fraction of sp³-hybridized carbons (Fsp3) is 0.167. The van der Waals surface area contributed by atoms with Crippen molar-refractivity contribution in [2.75, 3.05) is 6.61 Å². The van der Waals surface area contributed by atoms with Crippen LogP contribution in [0.2, 0.25) is 0 Å². The van der Waals surface area contributed by atoms with E-state index in [0.717, 1.165) is 34.0 Å². The number of imidazole rings is 1. The lowest BCUT2D eigenvalue weighted by Gasteiger charge is -2.07. The second-order valence-electron chi connectivity index (χ2n) is 5.36. The summed E-state index contributed by atoms with van der Waals surface area (Å²) in [6, 6.07) is 12.1. The maximum atomic E-state index is 5.76. The van der Waals surface area contributed by atoms with Gasteiger partial charge in [-0.1, -0.05) is 18.2 Å². The van der Waals surface area contributed by atoms with Gasteiger partial charge in [0.05, 0.1) is 36.8 Å². The lowest BCUT2D eigenvalue weighted by molar-refractivity contribution is 0.114. The van der Waals surface area contributed by atoms with Gasteiger partial charge in [0.25, 0.3) is 0 Å². The van der Waals surface area contributed by atoms with Crippen LogP contribution >= 0.6 is 0 Å². The number of para-hydroxylation sites is 1. The Hall–Kier alpha value is -2.79. The van der Waals surface area contributed by atoms with Crippen LogP contribution in [0.5, 0.6) is 0 Å². The molecule has 4 aromatic rings. The first-order chi connectivity index (χ1) is 11.4. The van der Waals surface area contributed by atoms with E-state index in [1.165, 1.54) is 0 Å². The molecule has 0 aliphatic rings. The highest BCUT2D eigenvalue weighted by Gasteiger charge is 2.07. The normalized spacial score (nSPS) is 11.3. The molecule has 0 saturated carbocycles. The van der Waals surface area contributed by atoms with Gasteiger partial charge in [0.15, 0.2) is 0 Å². The van der Waals surface area contributed by atoms with E-state index in [1.54, 1.807) is 12.4 Å². The molecule has 3 heterocycles. The molecule has 0 bridgehead atoms. The minimum Gasteiger partial charge on any atom is -0.375 e. The number of fused-ring (bicyclic) bond motifs is 3. The number of benzene rings is 1. The summed E-state index contributed by atoms with van der Waals surface area (Å²) in [4.78, 5) is 12.9. The molecule has 0 aliphatic carbocycles. The molecule has 23 heavy (non-hydrogen) atoms. The summed E-state index contributed by atoms with van der Waals surface area (Å²) in [6.07, 6.45) is 7.24. The molecule has 5 heteroatoms. The molecule has 0 atom stereocenters. The number of rotatable bonds is 5. The van der Waals surface area contributed by atoms with Crippen molar-refractivity contribution in [1.29, 1.82) is 0 Å². The molecule has 0 amide bonds. The van der Waals surface area contributed by atoms with E-state index in [-0.39, 0.29) is 0 Å². The number of pyridine rings is 2. The average Bonchev–Trinajstić information content (AvgIpc) is 3.03. The summed E-state index contributed by atoms with van der Waals surface area (Å²) >= 11 is 0. The lowest BCUT2D eigenvalue weighted by Crippen LogP contribution is -2.05. The van der Waals surface area contributed by atoms with Gasteiger partial charge in [0.1, 0.15) is 5.52 Å². The highest BCUT2D eigenvalue weighted by Crippen LogP contribution is 2.22. The van der Waals surface area contributed by atoms with Crippen molar-refractivity contribution >= 4 is 21.9 Å². The quantitative estimate of drug-likeness (QED) is 0.531. The molecule has 5 nitrogen and oxygen atoms in total. The third-order valence-corrected chi connectivity index (χ3v) is 3.85. The van der Waals surface area contributed by atoms with Crippen molar-refractivity contribution in [2.24, 2.45) is 0 Å². The SMILES string of the molecule is c1ccc2c(c1)ncc1ncn(CCOCc3ccncc3)c12. The molecule has 0 N–H and O–H groups in total. The van der Waals surface area contributed by atoms with E-state index in [9.17, 15) is 0 Å². The van der Waals surface area contributed by atoms with Gasteiger partial charge in [-0.2, -0.15) is 0 Å². The Balaban J connectivity index is 1.52. The van der Waals surface area contributed by atoms with Gasteiger partial charge in [-0.05, 0) is 23.8 Å². The van der Waals surface area contributed by atoms with Crippen molar-refractivity contribution in [3.05, 3.63) is 66.9 Å². The number of hydrogen-bond donors (Lipinski definition) is 0. The van der Waals surface area contributed by atoms with Crippen molar-refractivity contribution in [2.45, 2.75) is 13.2 Å². The Labute approximate surface area is 133 Å². The van der Waals surface area contributed by atoms with Gasteiger partial charge in [0, 0.05) is 24.3 Å². The van der Waals surface area contributed by atoms with E-state index in [2.05, 4.69) is 25.6 Å². The fourth-order valence-corrected chi connectivity index (χ4v) is 2.70. The molecular weight excluding hydrogens is 288 g/mol. The largest absolute Gasteiger partial charge is 0.375 e. The van der Waals surface area contributed by atoms with Crippen LogP contribution < -0.4 is 0 Å². The molecule has 3 aromatic heterocycles. The van der Waals surface area contributed by atoms with E-state index in [1.807, 2.05) is 42.9 Å². The fourth-order valence-electron chi connectivity index (χ4n) is 2.70. The minimum atomic E-state index is 0.595. The van der Waals surface area contributed by atoms with E-state index >= 15 is 0 Å². The zero-order valence-electron chi connectivity index (χ0n) is 12.6. The molecule has 114 valence electrons. The zero-order chi connectivity index (χ0) is 15.5. The van der Waals surface area contributed by atoms with Gasteiger partial charge >= 0.3 is 0 Å². The Bertz CT molecular complexity index is 933. The van der Waals surface area contributed by atoms with Gasteiger partial charge < -0.3 is 9.30 Å². The predicted molar refractivity (Wildman–Crippen MR) is 88.9 cm³/mol. The Kier molecular flexibility index (Phi) is 3.70. The lowest BCUT2D eigenvalue weighted by atomic mass is 10.2. The molecule has 0 radical (unpaired) electrons. The third-order valence-electron chi connectivity index (χ3n) is 3.85. The second kappa shape index (κ2) is 6.14. The van der Waals surface area contributed by atoms with E-state index < -0.39 is 0 Å². The van der Waals surface area contributed by atoms with Crippen LogP contribution in [0.25, 0.3) is 21.9 Å². The summed E-state index contributed by atoms with van der Waals surface area (Å²) in [5.74, 6) is 0. The van der Waals surface area contributed by atoms with Gasteiger partial charge in [-0.15, -0.1) is 0 Å². The van der Waals surface area contributed by atoms with Crippen LogP contribution in [-0.2, 0) is 17.9 Å². The molecule has 0 unspecified atom stereocenters. The maximum Gasteiger partial charge on any atom is 0.107 e. The first-order valence-corrected chi connectivity index (χ1v) is 7.57. The van der Waals surface area contributed by atoms with Crippen LogP contribution in [0.3, 0.4) is 0 Å². The maximum absolute atomic E-state index is 5.76. The van der Waals surface area contributed by atoms with Gasteiger partial charge in [-0.25, -0.2) is 4.98 Å².